The number of hydrogen-bond donors (Lipinski definition) is 2. The van der Waals surface area contributed by atoms with E-state index in [1.54, 1.807) is 0 Å². The van der Waals surface area contributed by atoms with Crippen molar-refractivity contribution in [3.8, 4) is 0 Å². The third-order valence-electron chi connectivity index (χ3n) is 2.86. The number of unbranched alkanes of at least 4 members (excludes halogenated alkanes) is 3. The van der Waals surface area contributed by atoms with Crippen LogP contribution in [0.2, 0.25) is 0 Å². The molecule has 4 N–H and O–H groups in total. The molecule has 14 heavy (non-hydrogen) atoms. The summed E-state index contributed by atoms with van der Waals surface area (Å²) in [6.45, 7) is 6.26. The highest BCUT2D eigenvalue weighted by atomic mass is 14.5. The van der Waals surface area contributed by atoms with E-state index >= 15 is 0 Å². The molecule has 0 rings (SSSR count). The fourth-order valence-electron chi connectivity index (χ4n) is 1.89. The van der Waals surface area contributed by atoms with E-state index in [9.17, 15) is 0 Å². The molecule has 0 bridgehead atoms. The van der Waals surface area contributed by atoms with Crippen molar-refractivity contribution in [2.75, 3.05) is 13.1 Å². The van der Waals surface area contributed by atoms with Crippen molar-refractivity contribution in [2.45, 2.75) is 52.4 Å². The molecule has 0 amide bonds. The van der Waals surface area contributed by atoms with Crippen LogP contribution in [0.15, 0.2) is 0 Å². The minimum absolute atomic E-state index is 0.689. The van der Waals surface area contributed by atoms with E-state index < -0.39 is 0 Å². The standard InChI is InChI=1S/C12H28N2/c1-11(9-12(2)10-14)7-5-3-4-6-8-13/h11-12H,3-10,13-14H2,1-2H3. The van der Waals surface area contributed by atoms with Gasteiger partial charge in [0.15, 0.2) is 0 Å². The molecular formula is C12H28N2. The van der Waals surface area contributed by atoms with E-state index in [2.05, 4.69) is 13.8 Å². The number of nitrogens with two attached hydrogens (primary N) is 2. The third kappa shape index (κ3) is 8.52. The van der Waals surface area contributed by atoms with Gasteiger partial charge in [-0.25, -0.2) is 0 Å². The molecule has 0 aromatic rings. The molecule has 0 aromatic carbocycles. The second-order valence-corrected chi connectivity index (χ2v) is 4.67. The topological polar surface area (TPSA) is 52.0 Å². The van der Waals surface area contributed by atoms with Crippen LogP contribution in [-0.2, 0) is 0 Å². The molecule has 0 aromatic heterocycles. The van der Waals surface area contributed by atoms with Gasteiger partial charge in [-0.05, 0) is 37.8 Å². The molecule has 0 spiro atoms. The molecule has 0 heterocycles. The molecule has 0 saturated carbocycles. The average molecular weight is 200 g/mol. The summed E-state index contributed by atoms with van der Waals surface area (Å²) in [5.74, 6) is 1.53. The predicted molar refractivity (Wildman–Crippen MR) is 64.1 cm³/mol. The lowest BCUT2D eigenvalue weighted by Crippen LogP contribution is -2.13. The van der Waals surface area contributed by atoms with Crippen molar-refractivity contribution in [2.24, 2.45) is 23.3 Å². The Morgan fingerprint density at radius 2 is 1.50 bits per heavy atom. The first-order valence-electron chi connectivity index (χ1n) is 6.10. The maximum atomic E-state index is 5.60. The van der Waals surface area contributed by atoms with E-state index in [1.807, 2.05) is 0 Å². The Balaban J connectivity index is 3.22. The normalized spacial score (nSPS) is 15.4. The van der Waals surface area contributed by atoms with Crippen LogP contribution in [0.5, 0.6) is 0 Å². The zero-order valence-electron chi connectivity index (χ0n) is 9.97. The second-order valence-electron chi connectivity index (χ2n) is 4.67. The van der Waals surface area contributed by atoms with Crippen molar-refractivity contribution < 1.29 is 0 Å². The van der Waals surface area contributed by atoms with Gasteiger partial charge in [-0.2, -0.15) is 0 Å². The highest BCUT2D eigenvalue weighted by Crippen LogP contribution is 2.17. The highest BCUT2D eigenvalue weighted by molar-refractivity contribution is 4.60. The molecule has 86 valence electrons. The Hall–Kier alpha value is -0.0800. The first kappa shape index (κ1) is 13.9. The lowest BCUT2D eigenvalue weighted by molar-refractivity contribution is 0.386. The molecule has 2 heteroatoms. The number of hydrogen-bond acceptors (Lipinski definition) is 2. The van der Waals surface area contributed by atoms with E-state index in [0.29, 0.717) is 5.92 Å². The van der Waals surface area contributed by atoms with E-state index in [0.717, 1.165) is 19.0 Å². The van der Waals surface area contributed by atoms with Gasteiger partial charge in [0.2, 0.25) is 0 Å². The van der Waals surface area contributed by atoms with Crippen molar-refractivity contribution in [1.29, 1.82) is 0 Å². The van der Waals surface area contributed by atoms with Crippen LogP contribution in [0.4, 0.5) is 0 Å². The smallest absolute Gasteiger partial charge is 0.00514 e. The van der Waals surface area contributed by atoms with Crippen LogP contribution in [0, 0.1) is 11.8 Å². The second kappa shape index (κ2) is 9.47. The third-order valence-corrected chi connectivity index (χ3v) is 2.86. The Labute approximate surface area is 89.4 Å². The Morgan fingerprint density at radius 1 is 0.857 bits per heavy atom. The summed E-state index contributed by atoms with van der Waals surface area (Å²) in [5, 5.41) is 0. The Bertz CT molecular complexity index is 115. The fourth-order valence-corrected chi connectivity index (χ4v) is 1.89. The molecule has 2 atom stereocenters. The summed E-state index contributed by atoms with van der Waals surface area (Å²) in [7, 11) is 0. The van der Waals surface area contributed by atoms with E-state index in [4.69, 9.17) is 11.5 Å². The predicted octanol–water partition coefficient (Wildman–Crippen LogP) is 2.52. The Morgan fingerprint density at radius 3 is 2.07 bits per heavy atom. The molecule has 2 unspecified atom stereocenters. The van der Waals surface area contributed by atoms with Gasteiger partial charge in [-0.1, -0.05) is 39.5 Å². The van der Waals surface area contributed by atoms with Gasteiger partial charge in [0.05, 0.1) is 0 Å². The maximum absolute atomic E-state index is 5.60. The summed E-state index contributed by atoms with van der Waals surface area (Å²) in [6, 6.07) is 0. The van der Waals surface area contributed by atoms with Gasteiger partial charge >= 0.3 is 0 Å². The molecule has 2 nitrogen and oxygen atoms in total. The minimum Gasteiger partial charge on any atom is -0.330 e. The fraction of sp³-hybridized carbons (Fsp3) is 1.00. The quantitative estimate of drug-likeness (QED) is 0.562. The van der Waals surface area contributed by atoms with E-state index in [1.165, 1.54) is 38.5 Å². The molecule has 0 aliphatic heterocycles. The van der Waals surface area contributed by atoms with Gasteiger partial charge in [0.1, 0.15) is 0 Å². The molecule has 0 saturated heterocycles. The molecule has 0 radical (unpaired) electrons. The van der Waals surface area contributed by atoms with Crippen molar-refractivity contribution >= 4 is 0 Å². The largest absolute Gasteiger partial charge is 0.330 e. The summed E-state index contributed by atoms with van der Waals surface area (Å²) in [6.07, 6.45) is 7.84. The highest BCUT2D eigenvalue weighted by Gasteiger charge is 2.06. The van der Waals surface area contributed by atoms with Gasteiger partial charge in [-0.3, -0.25) is 0 Å². The SMILES string of the molecule is CC(CN)CC(C)CCCCCCN. The monoisotopic (exact) mass is 200 g/mol. The van der Waals surface area contributed by atoms with Gasteiger partial charge in [0, 0.05) is 0 Å². The molecule has 0 aliphatic rings. The zero-order valence-corrected chi connectivity index (χ0v) is 9.97. The zero-order chi connectivity index (χ0) is 10.8. The summed E-state index contributed by atoms with van der Waals surface area (Å²) in [5.41, 5.74) is 11.0. The lowest BCUT2D eigenvalue weighted by atomic mass is 9.93. The van der Waals surface area contributed by atoms with Crippen LogP contribution in [0.25, 0.3) is 0 Å². The van der Waals surface area contributed by atoms with Crippen LogP contribution in [0.1, 0.15) is 52.4 Å². The number of rotatable bonds is 9. The van der Waals surface area contributed by atoms with Gasteiger partial charge in [-0.15, -0.1) is 0 Å². The van der Waals surface area contributed by atoms with Crippen LogP contribution >= 0.6 is 0 Å². The van der Waals surface area contributed by atoms with Crippen molar-refractivity contribution in [3.63, 3.8) is 0 Å². The van der Waals surface area contributed by atoms with Crippen LogP contribution < -0.4 is 11.5 Å². The van der Waals surface area contributed by atoms with Crippen LogP contribution in [0.3, 0.4) is 0 Å². The average Bonchev–Trinajstić information content (AvgIpc) is 2.17. The van der Waals surface area contributed by atoms with E-state index in [-0.39, 0.29) is 0 Å². The summed E-state index contributed by atoms with van der Waals surface area (Å²) < 4.78 is 0. The van der Waals surface area contributed by atoms with Gasteiger partial charge < -0.3 is 11.5 Å². The maximum Gasteiger partial charge on any atom is -0.00514 e. The van der Waals surface area contributed by atoms with Crippen molar-refractivity contribution in [1.82, 2.24) is 0 Å². The first-order chi connectivity index (χ1) is 6.70. The lowest BCUT2D eigenvalue weighted by Gasteiger charge is -2.15. The van der Waals surface area contributed by atoms with Crippen molar-refractivity contribution in [3.05, 3.63) is 0 Å². The molecule has 0 fully saturated rings. The minimum atomic E-state index is 0.689. The Kier molecular flexibility index (Phi) is 9.42. The summed E-state index contributed by atoms with van der Waals surface area (Å²) in [4.78, 5) is 0. The molecular weight excluding hydrogens is 172 g/mol. The van der Waals surface area contributed by atoms with Crippen LogP contribution in [-0.4, -0.2) is 13.1 Å². The summed E-state index contributed by atoms with van der Waals surface area (Å²) >= 11 is 0. The molecule has 0 aliphatic carbocycles. The first-order valence-corrected chi connectivity index (χ1v) is 6.10. The van der Waals surface area contributed by atoms with Gasteiger partial charge in [0.25, 0.3) is 0 Å².